The van der Waals surface area contributed by atoms with Gasteiger partial charge >= 0.3 is 0 Å². The molecule has 0 radical (unpaired) electrons. The molecule has 11 heteroatoms. The molecule has 0 amide bonds. The maximum atomic E-state index is 13.6. The van der Waals surface area contributed by atoms with Gasteiger partial charge in [-0.3, -0.25) is 10.1 Å². The van der Waals surface area contributed by atoms with Crippen LogP contribution in [0.15, 0.2) is 113 Å². The first-order chi connectivity index (χ1) is 22.5. The first-order valence-corrected chi connectivity index (χ1v) is 15.2. The molecule has 0 N–H and O–H groups in total. The summed E-state index contributed by atoms with van der Waals surface area (Å²) in [6.07, 6.45) is 0. The number of rotatable bonds is 4. The third-order valence-corrected chi connectivity index (χ3v) is 8.82. The van der Waals surface area contributed by atoms with Crippen molar-refractivity contribution in [1.29, 1.82) is 0 Å². The number of para-hydroxylation sites is 4. The summed E-state index contributed by atoms with van der Waals surface area (Å²) in [5, 5.41) is 17.4. The first kappa shape index (κ1) is 27.7. The van der Waals surface area contributed by atoms with E-state index in [1.54, 1.807) is 24.3 Å². The largest absolute Gasteiger partial charge is 0.368 e. The van der Waals surface area contributed by atoms with Crippen LogP contribution in [0.25, 0.3) is 5.69 Å². The number of aromatic nitrogens is 2. The summed E-state index contributed by atoms with van der Waals surface area (Å²) in [4.78, 5) is 29.1. The highest BCUT2D eigenvalue weighted by Crippen LogP contribution is 2.50. The number of nitrogens with zero attached hydrogens (tertiary/aromatic N) is 8. The van der Waals surface area contributed by atoms with Crippen LogP contribution < -0.4 is 9.80 Å². The molecule has 46 heavy (non-hydrogen) atoms. The topological polar surface area (TPSA) is 95.4 Å². The maximum absolute atomic E-state index is 13.6. The fourth-order valence-corrected chi connectivity index (χ4v) is 6.67. The minimum atomic E-state index is -0.589. The number of amidine groups is 2. The summed E-state index contributed by atoms with van der Waals surface area (Å²) in [5.74, 6) is 1.67. The Morgan fingerprint density at radius 1 is 0.761 bits per heavy atom. The zero-order valence-corrected chi connectivity index (χ0v) is 25.0. The van der Waals surface area contributed by atoms with Gasteiger partial charge in [-0.2, -0.15) is 5.10 Å². The number of fused-ring (bicyclic) bond motifs is 4. The van der Waals surface area contributed by atoms with Gasteiger partial charge in [0.2, 0.25) is 0 Å². The number of hydrogen-bond donors (Lipinski definition) is 0. The van der Waals surface area contributed by atoms with E-state index in [1.165, 1.54) is 12.1 Å². The van der Waals surface area contributed by atoms with E-state index in [9.17, 15) is 14.5 Å². The fraction of sp³-hybridized carbons (Fsp3) is 0.171. The minimum absolute atomic E-state index is 0.0287. The van der Waals surface area contributed by atoms with E-state index < -0.39 is 6.04 Å². The Labute approximate surface area is 264 Å². The molecular weight excluding hydrogens is 583 g/mol. The second-order valence-electron chi connectivity index (χ2n) is 11.5. The van der Waals surface area contributed by atoms with Gasteiger partial charge in [-0.15, -0.1) is 0 Å². The summed E-state index contributed by atoms with van der Waals surface area (Å²) in [6, 6.07) is 30.5. The van der Waals surface area contributed by atoms with E-state index in [2.05, 4.69) is 14.7 Å². The van der Waals surface area contributed by atoms with Gasteiger partial charge in [-0.1, -0.05) is 42.5 Å². The van der Waals surface area contributed by atoms with E-state index in [1.807, 2.05) is 78.3 Å². The molecule has 1 atom stereocenters. The molecule has 0 aliphatic carbocycles. The molecule has 0 bridgehead atoms. The Kier molecular flexibility index (Phi) is 6.59. The molecule has 5 aromatic rings. The zero-order chi connectivity index (χ0) is 31.4. The van der Waals surface area contributed by atoms with E-state index in [-0.39, 0.29) is 16.4 Å². The van der Waals surface area contributed by atoms with Crippen LogP contribution in [0.3, 0.4) is 0 Å². The Morgan fingerprint density at radius 3 is 2.20 bits per heavy atom. The van der Waals surface area contributed by atoms with Crippen LogP contribution >= 0.6 is 0 Å². The molecule has 0 unspecified atom stereocenters. The van der Waals surface area contributed by atoms with Crippen molar-refractivity contribution < 1.29 is 9.31 Å². The van der Waals surface area contributed by atoms with Gasteiger partial charge in [-0.05, 0) is 61.5 Å². The average Bonchev–Trinajstić information content (AvgIpc) is 3.43. The molecule has 228 valence electrons. The summed E-state index contributed by atoms with van der Waals surface area (Å²) in [5.41, 5.74) is 5.51. The summed E-state index contributed by atoms with van der Waals surface area (Å²) >= 11 is 0. The van der Waals surface area contributed by atoms with Crippen LogP contribution in [0.2, 0.25) is 0 Å². The predicted molar refractivity (Wildman–Crippen MR) is 177 cm³/mol. The minimum Gasteiger partial charge on any atom is -0.368 e. The smallest absolute Gasteiger partial charge is 0.275 e. The number of hydrogen-bond acceptors (Lipinski definition) is 8. The van der Waals surface area contributed by atoms with Crippen LogP contribution in [0.1, 0.15) is 22.9 Å². The Hall–Kier alpha value is -5.84. The van der Waals surface area contributed by atoms with Crippen LogP contribution in [-0.4, -0.2) is 57.5 Å². The maximum Gasteiger partial charge on any atom is 0.275 e. The fourth-order valence-electron chi connectivity index (χ4n) is 6.67. The third-order valence-electron chi connectivity index (χ3n) is 8.82. The Bertz CT molecular complexity index is 2030. The quantitative estimate of drug-likeness (QED) is 0.165. The van der Waals surface area contributed by atoms with Crippen molar-refractivity contribution in [1.82, 2.24) is 14.7 Å². The molecule has 0 spiro atoms. The highest BCUT2D eigenvalue weighted by atomic mass is 19.1. The van der Waals surface area contributed by atoms with Crippen molar-refractivity contribution in [2.24, 2.45) is 9.98 Å². The number of aryl methyl sites for hydroxylation is 1. The molecule has 4 heterocycles. The normalized spacial score (nSPS) is 17.1. The predicted octanol–water partition coefficient (Wildman–Crippen LogP) is 6.73. The van der Waals surface area contributed by atoms with Gasteiger partial charge in [0, 0.05) is 43.5 Å². The van der Waals surface area contributed by atoms with Crippen LogP contribution in [0.4, 0.5) is 33.0 Å². The number of piperazine rings is 1. The van der Waals surface area contributed by atoms with Crippen molar-refractivity contribution in [2.45, 2.75) is 13.0 Å². The van der Waals surface area contributed by atoms with E-state index >= 15 is 0 Å². The number of nitro groups is 1. The van der Waals surface area contributed by atoms with Crippen molar-refractivity contribution >= 4 is 40.2 Å². The molecular formula is C35H29FN8O2. The van der Waals surface area contributed by atoms with Gasteiger partial charge < -0.3 is 14.7 Å². The van der Waals surface area contributed by atoms with Crippen LogP contribution in [-0.2, 0) is 0 Å². The van der Waals surface area contributed by atoms with Gasteiger partial charge in [-0.25, -0.2) is 19.1 Å². The SMILES string of the molecule is Cc1nn(-c2ccccc2)c2c1[C@@H](c1ccccc1[N+](=O)[O-])N1C(=N2)C(N2CCN(c3ccc(F)cc3)CC2)=Nc2ccccc21. The zero-order valence-electron chi connectivity index (χ0n) is 25.0. The highest BCUT2D eigenvalue weighted by molar-refractivity contribution is 6.48. The van der Waals surface area contributed by atoms with Crippen molar-refractivity contribution in [2.75, 3.05) is 36.0 Å². The number of nitro benzene ring substituents is 1. The number of benzene rings is 4. The molecule has 1 aromatic heterocycles. The molecule has 3 aliphatic heterocycles. The van der Waals surface area contributed by atoms with Gasteiger partial charge in [0.15, 0.2) is 17.5 Å². The lowest BCUT2D eigenvalue weighted by atomic mass is 9.92. The molecule has 8 rings (SSSR count). The van der Waals surface area contributed by atoms with Crippen LogP contribution in [0, 0.1) is 22.9 Å². The van der Waals surface area contributed by atoms with E-state index in [0.29, 0.717) is 49.2 Å². The lowest BCUT2D eigenvalue weighted by molar-refractivity contribution is -0.385. The lowest BCUT2D eigenvalue weighted by Gasteiger charge is -2.44. The van der Waals surface area contributed by atoms with Crippen LogP contribution in [0.5, 0.6) is 0 Å². The Balaban J connectivity index is 1.30. The number of halogens is 1. The molecule has 10 nitrogen and oxygen atoms in total. The highest BCUT2D eigenvalue weighted by Gasteiger charge is 2.44. The van der Waals surface area contributed by atoms with Crippen molar-refractivity contribution in [3.8, 4) is 5.69 Å². The summed E-state index contributed by atoms with van der Waals surface area (Å²) < 4.78 is 15.4. The average molecular weight is 613 g/mol. The number of aliphatic imine (C=N–C) groups is 2. The molecule has 0 saturated carbocycles. The summed E-state index contributed by atoms with van der Waals surface area (Å²) in [6.45, 7) is 4.66. The van der Waals surface area contributed by atoms with Gasteiger partial charge in [0.1, 0.15) is 5.82 Å². The second-order valence-corrected chi connectivity index (χ2v) is 11.5. The number of anilines is 2. The lowest BCUT2D eigenvalue weighted by Crippen LogP contribution is -2.55. The van der Waals surface area contributed by atoms with Gasteiger partial charge in [0.05, 0.1) is 39.3 Å². The van der Waals surface area contributed by atoms with E-state index in [4.69, 9.17) is 15.1 Å². The summed E-state index contributed by atoms with van der Waals surface area (Å²) in [7, 11) is 0. The third kappa shape index (κ3) is 4.50. The van der Waals surface area contributed by atoms with Crippen molar-refractivity contribution in [3.63, 3.8) is 0 Å². The molecule has 3 aliphatic rings. The standard InChI is InChI=1S/C35H29FN8O2/c1-23-31-32(27-11-5-7-13-29(27)44(45)46)42-30-14-8-6-12-28(30)37-34(35(42)38-33(31)43(39-23)26-9-3-2-4-10-26)41-21-19-40(20-22-41)25-17-15-24(36)16-18-25/h2-18,32H,19-22H2,1H3/t32-/m1/s1. The molecule has 1 saturated heterocycles. The van der Waals surface area contributed by atoms with E-state index in [0.717, 1.165) is 34.0 Å². The molecule has 4 aromatic carbocycles. The van der Waals surface area contributed by atoms with Gasteiger partial charge in [0.25, 0.3) is 5.69 Å². The Morgan fingerprint density at radius 2 is 1.43 bits per heavy atom. The monoisotopic (exact) mass is 612 g/mol. The van der Waals surface area contributed by atoms with Crippen molar-refractivity contribution in [3.05, 3.63) is 136 Å². The second kappa shape index (κ2) is 11.0. The first-order valence-electron chi connectivity index (χ1n) is 15.2. The molecule has 1 fully saturated rings.